The van der Waals surface area contributed by atoms with Crippen LogP contribution < -0.4 is 10.6 Å². The number of aliphatic hydroxyl groups is 1. The standard InChI is InChI=1S/C14H19N3O/c1-14(2,9-18)17(3)13-5-4-12(15)11-8-16-7-6-10(11)13/h4-8,18H,9,15H2,1-3H3. The quantitative estimate of drug-likeness (QED) is 0.812. The van der Waals surface area contributed by atoms with Crippen molar-refractivity contribution in [3.63, 3.8) is 0 Å². The van der Waals surface area contributed by atoms with Crippen molar-refractivity contribution >= 4 is 22.1 Å². The van der Waals surface area contributed by atoms with E-state index in [9.17, 15) is 5.11 Å². The van der Waals surface area contributed by atoms with Crippen LogP contribution in [0.3, 0.4) is 0 Å². The second kappa shape index (κ2) is 4.46. The smallest absolute Gasteiger partial charge is 0.0658 e. The zero-order valence-corrected chi connectivity index (χ0v) is 11.0. The largest absolute Gasteiger partial charge is 0.398 e. The molecule has 0 fully saturated rings. The van der Waals surface area contributed by atoms with Crippen LogP contribution in [0.2, 0.25) is 0 Å². The maximum absolute atomic E-state index is 9.47. The minimum Gasteiger partial charge on any atom is -0.398 e. The van der Waals surface area contributed by atoms with Crippen molar-refractivity contribution in [3.05, 3.63) is 30.6 Å². The van der Waals surface area contributed by atoms with Crippen LogP contribution >= 0.6 is 0 Å². The van der Waals surface area contributed by atoms with Gasteiger partial charge in [0, 0.05) is 41.6 Å². The first kappa shape index (κ1) is 12.6. The summed E-state index contributed by atoms with van der Waals surface area (Å²) in [6, 6.07) is 5.81. The van der Waals surface area contributed by atoms with Gasteiger partial charge in [-0.15, -0.1) is 0 Å². The van der Waals surface area contributed by atoms with Crippen molar-refractivity contribution in [2.75, 3.05) is 24.3 Å². The van der Waals surface area contributed by atoms with Gasteiger partial charge >= 0.3 is 0 Å². The molecule has 0 spiro atoms. The number of rotatable bonds is 3. The lowest BCUT2D eigenvalue weighted by molar-refractivity contribution is 0.216. The lowest BCUT2D eigenvalue weighted by Gasteiger charge is -2.36. The Bertz CT molecular complexity index is 566. The summed E-state index contributed by atoms with van der Waals surface area (Å²) in [7, 11) is 1.97. The van der Waals surface area contributed by atoms with Gasteiger partial charge in [-0.2, -0.15) is 0 Å². The van der Waals surface area contributed by atoms with Crippen LogP contribution in [0.1, 0.15) is 13.8 Å². The van der Waals surface area contributed by atoms with Gasteiger partial charge in [0.1, 0.15) is 0 Å². The van der Waals surface area contributed by atoms with E-state index in [1.165, 1.54) is 0 Å². The van der Waals surface area contributed by atoms with E-state index in [0.717, 1.165) is 22.1 Å². The van der Waals surface area contributed by atoms with Gasteiger partial charge in [0.15, 0.2) is 0 Å². The number of nitrogens with zero attached hydrogens (tertiary/aromatic N) is 2. The van der Waals surface area contributed by atoms with Gasteiger partial charge in [-0.1, -0.05) is 0 Å². The average molecular weight is 245 g/mol. The Morgan fingerprint density at radius 2 is 2.00 bits per heavy atom. The van der Waals surface area contributed by atoms with Gasteiger partial charge < -0.3 is 15.7 Å². The van der Waals surface area contributed by atoms with Crippen molar-refractivity contribution in [2.45, 2.75) is 19.4 Å². The van der Waals surface area contributed by atoms with E-state index < -0.39 is 0 Å². The van der Waals surface area contributed by atoms with Crippen LogP contribution in [0.5, 0.6) is 0 Å². The number of nitrogen functional groups attached to an aromatic ring is 1. The topological polar surface area (TPSA) is 62.4 Å². The molecular weight excluding hydrogens is 226 g/mol. The molecule has 2 aromatic rings. The number of likely N-dealkylation sites (N-methyl/N-ethyl adjacent to an activating group) is 1. The summed E-state index contributed by atoms with van der Waals surface area (Å²) in [6.07, 6.45) is 3.53. The highest BCUT2D eigenvalue weighted by atomic mass is 16.3. The highest BCUT2D eigenvalue weighted by Crippen LogP contribution is 2.32. The minimum absolute atomic E-state index is 0.0838. The fourth-order valence-electron chi connectivity index (χ4n) is 1.92. The van der Waals surface area contributed by atoms with Crippen molar-refractivity contribution in [1.82, 2.24) is 4.98 Å². The molecule has 1 aromatic carbocycles. The molecule has 96 valence electrons. The molecule has 0 saturated heterocycles. The molecular formula is C14H19N3O. The first-order valence-corrected chi connectivity index (χ1v) is 5.94. The normalized spacial score (nSPS) is 11.8. The highest BCUT2D eigenvalue weighted by Gasteiger charge is 2.24. The summed E-state index contributed by atoms with van der Waals surface area (Å²) in [6.45, 7) is 4.08. The molecule has 18 heavy (non-hydrogen) atoms. The molecule has 0 saturated carbocycles. The molecule has 0 aliphatic heterocycles. The van der Waals surface area contributed by atoms with Crippen LogP contribution in [0.15, 0.2) is 30.6 Å². The number of fused-ring (bicyclic) bond motifs is 1. The molecule has 0 unspecified atom stereocenters. The number of anilines is 2. The fraction of sp³-hybridized carbons (Fsp3) is 0.357. The summed E-state index contributed by atoms with van der Waals surface area (Å²) >= 11 is 0. The van der Waals surface area contributed by atoms with E-state index in [0.29, 0.717) is 0 Å². The second-order valence-electron chi connectivity index (χ2n) is 5.12. The van der Waals surface area contributed by atoms with Crippen LogP contribution in [-0.4, -0.2) is 29.3 Å². The highest BCUT2D eigenvalue weighted by molar-refractivity contribution is 6.00. The van der Waals surface area contributed by atoms with Crippen molar-refractivity contribution in [1.29, 1.82) is 0 Å². The third-order valence-corrected chi connectivity index (χ3v) is 3.49. The molecule has 3 N–H and O–H groups in total. The van der Waals surface area contributed by atoms with E-state index in [-0.39, 0.29) is 12.1 Å². The summed E-state index contributed by atoms with van der Waals surface area (Å²) in [5, 5.41) is 11.5. The molecule has 0 aliphatic rings. The number of aliphatic hydroxyl groups excluding tert-OH is 1. The van der Waals surface area contributed by atoms with Crippen LogP contribution in [0.4, 0.5) is 11.4 Å². The average Bonchev–Trinajstić information content (AvgIpc) is 2.39. The number of aromatic nitrogens is 1. The molecule has 4 nitrogen and oxygen atoms in total. The van der Waals surface area contributed by atoms with E-state index in [4.69, 9.17) is 5.73 Å². The maximum atomic E-state index is 9.47. The minimum atomic E-state index is -0.327. The Balaban J connectivity index is 2.62. The Hall–Kier alpha value is -1.81. The first-order chi connectivity index (χ1) is 8.47. The van der Waals surface area contributed by atoms with Crippen LogP contribution in [0.25, 0.3) is 10.8 Å². The zero-order valence-electron chi connectivity index (χ0n) is 11.0. The van der Waals surface area contributed by atoms with E-state index in [2.05, 4.69) is 9.88 Å². The lowest BCUT2D eigenvalue weighted by Crippen LogP contribution is -2.44. The molecule has 0 amide bonds. The third-order valence-electron chi connectivity index (χ3n) is 3.49. The zero-order chi connectivity index (χ0) is 13.3. The van der Waals surface area contributed by atoms with Gasteiger partial charge in [-0.05, 0) is 32.0 Å². The summed E-state index contributed by atoms with van der Waals surface area (Å²) in [4.78, 5) is 6.17. The molecule has 0 atom stereocenters. The molecule has 0 aliphatic carbocycles. The lowest BCUT2D eigenvalue weighted by atomic mass is 10.0. The predicted octanol–water partition coefficient (Wildman–Crippen LogP) is 2.02. The van der Waals surface area contributed by atoms with Crippen LogP contribution in [-0.2, 0) is 0 Å². The molecule has 0 bridgehead atoms. The van der Waals surface area contributed by atoms with Crippen molar-refractivity contribution in [2.24, 2.45) is 0 Å². The summed E-state index contributed by atoms with van der Waals surface area (Å²) in [5.74, 6) is 0. The van der Waals surface area contributed by atoms with Gasteiger partial charge in [-0.25, -0.2) is 0 Å². The van der Waals surface area contributed by atoms with E-state index in [1.54, 1.807) is 12.4 Å². The molecule has 2 rings (SSSR count). The van der Waals surface area contributed by atoms with Gasteiger partial charge in [0.05, 0.1) is 12.1 Å². The molecule has 0 radical (unpaired) electrons. The number of hydrogen-bond donors (Lipinski definition) is 2. The fourth-order valence-corrected chi connectivity index (χ4v) is 1.92. The number of benzene rings is 1. The Morgan fingerprint density at radius 1 is 1.28 bits per heavy atom. The van der Waals surface area contributed by atoms with Crippen molar-refractivity contribution in [3.8, 4) is 0 Å². The Morgan fingerprint density at radius 3 is 2.67 bits per heavy atom. The molecule has 4 heteroatoms. The van der Waals surface area contributed by atoms with Gasteiger partial charge in [0.25, 0.3) is 0 Å². The van der Waals surface area contributed by atoms with Gasteiger partial charge in [0.2, 0.25) is 0 Å². The number of pyridine rings is 1. The number of hydrogen-bond acceptors (Lipinski definition) is 4. The molecule has 1 heterocycles. The summed E-state index contributed by atoms with van der Waals surface area (Å²) < 4.78 is 0. The second-order valence-corrected chi connectivity index (χ2v) is 5.12. The first-order valence-electron chi connectivity index (χ1n) is 5.94. The van der Waals surface area contributed by atoms with Gasteiger partial charge in [-0.3, -0.25) is 4.98 Å². The van der Waals surface area contributed by atoms with Crippen LogP contribution in [0, 0.1) is 0 Å². The summed E-state index contributed by atoms with van der Waals surface area (Å²) in [5.41, 5.74) is 7.39. The van der Waals surface area contributed by atoms with E-state index >= 15 is 0 Å². The number of nitrogens with two attached hydrogens (primary N) is 1. The Kier molecular flexibility index (Phi) is 3.13. The predicted molar refractivity (Wildman–Crippen MR) is 75.7 cm³/mol. The monoisotopic (exact) mass is 245 g/mol. The Labute approximate surface area is 107 Å². The van der Waals surface area contributed by atoms with E-state index in [1.807, 2.05) is 39.1 Å². The third kappa shape index (κ3) is 1.99. The maximum Gasteiger partial charge on any atom is 0.0658 e. The molecule has 1 aromatic heterocycles. The SMILES string of the molecule is CN(c1ccc(N)c2cnccc12)C(C)(C)CO. The van der Waals surface area contributed by atoms with Crippen molar-refractivity contribution < 1.29 is 5.11 Å².